The second-order valence-corrected chi connectivity index (χ2v) is 7.45. The number of anilines is 1. The van der Waals surface area contributed by atoms with E-state index in [1.807, 2.05) is 6.92 Å². The third-order valence-corrected chi connectivity index (χ3v) is 4.81. The summed E-state index contributed by atoms with van der Waals surface area (Å²) in [6.45, 7) is 8.72. The molecule has 1 aromatic heterocycles. The normalized spacial score (nSPS) is 14.2. The third-order valence-electron chi connectivity index (χ3n) is 3.35. The van der Waals surface area contributed by atoms with E-state index in [-0.39, 0.29) is 16.2 Å². The molecule has 0 amide bonds. The van der Waals surface area contributed by atoms with Crippen LogP contribution in [0.1, 0.15) is 27.7 Å². The number of hydrogen-bond acceptors (Lipinski definition) is 4. The van der Waals surface area contributed by atoms with Gasteiger partial charge in [-0.05, 0) is 23.5 Å². The molecule has 1 aromatic rings. The molecule has 6 heteroatoms. The first kappa shape index (κ1) is 15.9. The lowest BCUT2D eigenvalue weighted by Crippen LogP contribution is -2.34. The Labute approximate surface area is 115 Å². The van der Waals surface area contributed by atoms with Gasteiger partial charge < -0.3 is 5.32 Å². The SMILES string of the molecule is CNc1ncccc1S(=O)(=O)NCC(C)C(C)(C)C. The van der Waals surface area contributed by atoms with E-state index in [9.17, 15) is 8.42 Å². The predicted molar refractivity (Wildman–Crippen MR) is 77.6 cm³/mol. The largest absolute Gasteiger partial charge is 0.372 e. The molecule has 0 radical (unpaired) electrons. The molecule has 0 aromatic carbocycles. The lowest BCUT2D eigenvalue weighted by molar-refractivity contribution is 0.263. The van der Waals surface area contributed by atoms with Crippen molar-refractivity contribution in [1.82, 2.24) is 9.71 Å². The minimum atomic E-state index is -3.53. The van der Waals surface area contributed by atoms with Gasteiger partial charge in [-0.15, -0.1) is 0 Å². The Hall–Kier alpha value is -1.14. The molecule has 1 atom stereocenters. The van der Waals surface area contributed by atoms with Gasteiger partial charge in [0, 0.05) is 19.8 Å². The minimum absolute atomic E-state index is 0.0588. The number of sulfonamides is 1. The summed E-state index contributed by atoms with van der Waals surface area (Å²) in [4.78, 5) is 4.19. The number of nitrogens with zero attached hydrogens (tertiary/aromatic N) is 1. The molecule has 0 aliphatic carbocycles. The van der Waals surface area contributed by atoms with Crippen molar-refractivity contribution in [1.29, 1.82) is 0 Å². The van der Waals surface area contributed by atoms with Crippen molar-refractivity contribution in [3.05, 3.63) is 18.3 Å². The maximum absolute atomic E-state index is 12.3. The van der Waals surface area contributed by atoms with Gasteiger partial charge >= 0.3 is 0 Å². The Bertz CT molecular complexity index is 521. The smallest absolute Gasteiger partial charge is 0.244 e. The van der Waals surface area contributed by atoms with E-state index in [2.05, 4.69) is 35.8 Å². The van der Waals surface area contributed by atoms with Crippen molar-refractivity contribution >= 4 is 15.8 Å². The highest BCUT2D eigenvalue weighted by molar-refractivity contribution is 7.89. The van der Waals surface area contributed by atoms with Crippen LogP contribution in [0.4, 0.5) is 5.82 Å². The van der Waals surface area contributed by atoms with Crippen LogP contribution in [0.5, 0.6) is 0 Å². The van der Waals surface area contributed by atoms with Crippen molar-refractivity contribution in [3.8, 4) is 0 Å². The van der Waals surface area contributed by atoms with E-state index >= 15 is 0 Å². The van der Waals surface area contributed by atoms with E-state index < -0.39 is 10.0 Å². The van der Waals surface area contributed by atoms with Gasteiger partial charge in [-0.1, -0.05) is 27.7 Å². The predicted octanol–water partition coefficient (Wildman–Crippen LogP) is 2.08. The van der Waals surface area contributed by atoms with E-state index in [0.717, 1.165) is 0 Å². The fourth-order valence-corrected chi connectivity index (χ4v) is 2.71. The van der Waals surface area contributed by atoms with Crippen molar-refractivity contribution in [2.75, 3.05) is 18.9 Å². The summed E-state index contributed by atoms with van der Waals surface area (Å²) < 4.78 is 27.2. The van der Waals surface area contributed by atoms with Crippen molar-refractivity contribution in [3.63, 3.8) is 0 Å². The number of nitrogens with one attached hydrogen (secondary N) is 2. The molecule has 0 fully saturated rings. The molecule has 0 saturated carbocycles. The number of aromatic nitrogens is 1. The van der Waals surface area contributed by atoms with E-state index in [0.29, 0.717) is 12.4 Å². The van der Waals surface area contributed by atoms with E-state index in [1.54, 1.807) is 25.4 Å². The summed E-state index contributed by atoms with van der Waals surface area (Å²) >= 11 is 0. The highest BCUT2D eigenvalue weighted by Gasteiger charge is 2.24. The molecule has 1 unspecified atom stereocenters. The maximum atomic E-state index is 12.3. The lowest BCUT2D eigenvalue weighted by atomic mass is 9.82. The van der Waals surface area contributed by atoms with E-state index in [1.165, 1.54) is 0 Å². The van der Waals surface area contributed by atoms with Crippen LogP contribution in [0.25, 0.3) is 0 Å². The molecule has 108 valence electrons. The summed E-state index contributed by atoms with van der Waals surface area (Å²) in [7, 11) is -1.88. The standard InChI is InChI=1S/C13H23N3O2S/c1-10(13(2,3)4)9-16-19(17,18)11-7-6-8-15-12(11)14-5/h6-8,10,16H,9H2,1-5H3,(H,14,15). The van der Waals surface area contributed by atoms with Gasteiger partial charge in [-0.2, -0.15) is 0 Å². The molecular formula is C13H23N3O2S. The first-order chi connectivity index (χ1) is 8.68. The van der Waals surface area contributed by atoms with Crippen LogP contribution in [-0.4, -0.2) is 27.0 Å². The first-order valence-electron chi connectivity index (χ1n) is 6.31. The minimum Gasteiger partial charge on any atom is -0.372 e. The van der Waals surface area contributed by atoms with Gasteiger partial charge in [0.25, 0.3) is 0 Å². The molecule has 0 spiro atoms. The molecule has 0 aliphatic rings. The van der Waals surface area contributed by atoms with E-state index in [4.69, 9.17) is 0 Å². The number of pyridine rings is 1. The van der Waals surface area contributed by atoms with Crippen molar-refractivity contribution in [2.24, 2.45) is 11.3 Å². The monoisotopic (exact) mass is 285 g/mol. The van der Waals surface area contributed by atoms with Gasteiger partial charge in [-0.3, -0.25) is 0 Å². The van der Waals surface area contributed by atoms with Gasteiger partial charge in [0.2, 0.25) is 10.0 Å². The Morgan fingerprint density at radius 3 is 2.53 bits per heavy atom. The number of rotatable bonds is 5. The van der Waals surface area contributed by atoms with Crippen LogP contribution >= 0.6 is 0 Å². The van der Waals surface area contributed by atoms with Crippen LogP contribution in [0.3, 0.4) is 0 Å². The second-order valence-electron chi connectivity index (χ2n) is 5.72. The molecular weight excluding hydrogens is 262 g/mol. The van der Waals surface area contributed by atoms with Gasteiger partial charge in [0.15, 0.2) is 0 Å². The van der Waals surface area contributed by atoms with Gasteiger partial charge in [-0.25, -0.2) is 18.1 Å². The van der Waals surface area contributed by atoms with Crippen molar-refractivity contribution in [2.45, 2.75) is 32.6 Å². The third kappa shape index (κ3) is 4.18. The fourth-order valence-electron chi connectivity index (χ4n) is 1.41. The molecule has 1 heterocycles. The van der Waals surface area contributed by atoms with Crippen LogP contribution < -0.4 is 10.0 Å². The average molecular weight is 285 g/mol. The quantitative estimate of drug-likeness (QED) is 0.869. The Morgan fingerprint density at radius 1 is 1.37 bits per heavy atom. The summed E-state index contributed by atoms with van der Waals surface area (Å²) in [5.41, 5.74) is 0.0588. The molecule has 1 rings (SSSR count). The van der Waals surface area contributed by atoms with Crippen molar-refractivity contribution < 1.29 is 8.42 Å². The summed E-state index contributed by atoms with van der Waals surface area (Å²) in [5, 5.41) is 2.79. The Morgan fingerprint density at radius 2 is 2.00 bits per heavy atom. The highest BCUT2D eigenvalue weighted by Crippen LogP contribution is 2.25. The summed E-state index contributed by atoms with van der Waals surface area (Å²) in [6.07, 6.45) is 1.56. The molecule has 2 N–H and O–H groups in total. The second kappa shape index (κ2) is 5.88. The van der Waals surface area contributed by atoms with Gasteiger partial charge in [0.05, 0.1) is 0 Å². The zero-order valence-electron chi connectivity index (χ0n) is 12.2. The summed E-state index contributed by atoms with van der Waals surface area (Å²) in [5.74, 6) is 0.593. The van der Waals surface area contributed by atoms with Gasteiger partial charge in [0.1, 0.15) is 10.7 Å². The molecule has 5 nitrogen and oxygen atoms in total. The molecule has 0 saturated heterocycles. The fraction of sp³-hybridized carbons (Fsp3) is 0.615. The molecule has 19 heavy (non-hydrogen) atoms. The van der Waals surface area contributed by atoms with Crippen LogP contribution in [-0.2, 0) is 10.0 Å². The Kier molecular flexibility index (Phi) is 4.92. The molecule has 0 aliphatic heterocycles. The number of hydrogen-bond donors (Lipinski definition) is 2. The van der Waals surface area contributed by atoms with Crippen LogP contribution in [0.2, 0.25) is 0 Å². The zero-order valence-corrected chi connectivity index (χ0v) is 13.0. The summed E-state index contributed by atoms with van der Waals surface area (Å²) in [6, 6.07) is 3.16. The van der Waals surface area contributed by atoms with Crippen LogP contribution in [0, 0.1) is 11.3 Å². The zero-order chi connectivity index (χ0) is 14.7. The Balaban J connectivity index is 2.88. The van der Waals surface area contributed by atoms with Crippen LogP contribution in [0.15, 0.2) is 23.2 Å². The first-order valence-corrected chi connectivity index (χ1v) is 7.79. The topological polar surface area (TPSA) is 71.1 Å². The molecule has 0 bridgehead atoms. The highest BCUT2D eigenvalue weighted by atomic mass is 32.2. The lowest BCUT2D eigenvalue weighted by Gasteiger charge is -2.27. The maximum Gasteiger partial charge on any atom is 0.244 e. The average Bonchev–Trinajstić information content (AvgIpc) is 2.34.